The van der Waals surface area contributed by atoms with Crippen LogP contribution < -0.4 is 0 Å². The van der Waals surface area contributed by atoms with E-state index in [4.69, 9.17) is 0 Å². The average Bonchev–Trinajstić information content (AvgIpc) is 2.69. The Morgan fingerprint density at radius 2 is 1.08 bits per heavy atom. The Morgan fingerprint density at radius 1 is 0.560 bits per heavy atom. The monoisotopic (exact) mass is 435 g/mol. The normalized spacial score (nSPS) is 10.6. The molecule has 0 unspecified atom stereocenters. The molecule has 1 aromatic carbocycles. The second-order valence-electron chi connectivity index (χ2n) is 5.62. The molecule has 3 nitrogen and oxygen atoms in total. The molecule has 0 atom stereocenters. The molecule has 0 radical (unpaired) electrons. The molecule has 4 rings (SSSR count). The van der Waals surface area contributed by atoms with Gasteiger partial charge in [-0.2, -0.15) is 0 Å². The van der Waals surface area contributed by atoms with Crippen molar-refractivity contribution in [1.29, 1.82) is 0 Å². The lowest BCUT2D eigenvalue weighted by atomic mass is 9.96. The zero-order valence-corrected chi connectivity index (χ0v) is 15.5. The van der Waals surface area contributed by atoms with Crippen molar-refractivity contribution in [3.05, 3.63) is 89.2 Å². The van der Waals surface area contributed by atoms with E-state index in [1.807, 2.05) is 67.3 Å². The van der Waals surface area contributed by atoms with E-state index < -0.39 is 0 Å². The molecule has 0 saturated carbocycles. The van der Waals surface area contributed by atoms with Gasteiger partial charge >= 0.3 is 0 Å². The van der Waals surface area contributed by atoms with Crippen molar-refractivity contribution in [2.24, 2.45) is 0 Å². The molecule has 0 amide bonds. The molecule has 0 aliphatic rings. The third-order valence-electron chi connectivity index (χ3n) is 3.97. The van der Waals surface area contributed by atoms with Crippen molar-refractivity contribution < 1.29 is 0 Å². The summed E-state index contributed by atoms with van der Waals surface area (Å²) in [7, 11) is 0. The second kappa shape index (κ2) is 7.11. The van der Waals surface area contributed by atoms with Crippen LogP contribution in [0.25, 0.3) is 33.5 Å². The Balaban J connectivity index is 1.92. The Kier molecular flexibility index (Phi) is 4.52. The van der Waals surface area contributed by atoms with Crippen molar-refractivity contribution in [2.75, 3.05) is 0 Å². The summed E-state index contributed by atoms with van der Waals surface area (Å²) in [6, 6.07) is 20.7. The average molecular weight is 435 g/mol. The van der Waals surface area contributed by atoms with Crippen LogP contribution in [0, 0.1) is 3.70 Å². The maximum Gasteiger partial charge on any atom is 0.102 e. The van der Waals surface area contributed by atoms with E-state index in [0.717, 1.165) is 37.2 Å². The highest BCUT2D eigenvalue weighted by Crippen LogP contribution is 2.32. The van der Waals surface area contributed by atoms with Crippen LogP contribution in [-0.2, 0) is 0 Å². The van der Waals surface area contributed by atoms with Gasteiger partial charge < -0.3 is 0 Å². The van der Waals surface area contributed by atoms with Crippen LogP contribution >= 0.6 is 22.6 Å². The van der Waals surface area contributed by atoms with Gasteiger partial charge in [0.1, 0.15) is 3.70 Å². The van der Waals surface area contributed by atoms with Crippen LogP contribution in [0.2, 0.25) is 0 Å². The first-order valence-electron chi connectivity index (χ1n) is 7.88. The van der Waals surface area contributed by atoms with Gasteiger partial charge in [0.2, 0.25) is 0 Å². The number of aromatic nitrogens is 3. The highest BCUT2D eigenvalue weighted by atomic mass is 127. The van der Waals surface area contributed by atoms with Gasteiger partial charge in [-0.15, -0.1) is 0 Å². The molecule has 0 saturated heterocycles. The van der Waals surface area contributed by atoms with Gasteiger partial charge in [-0.1, -0.05) is 6.07 Å². The first-order chi connectivity index (χ1) is 12.3. The molecular formula is C21H14IN3. The van der Waals surface area contributed by atoms with Crippen LogP contribution in [0.4, 0.5) is 0 Å². The molecule has 25 heavy (non-hydrogen) atoms. The van der Waals surface area contributed by atoms with Crippen LogP contribution in [0.15, 0.2) is 85.5 Å². The zero-order chi connectivity index (χ0) is 17.1. The molecule has 4 heteroatoms. The van der Waals surface area contributed by atoms with E-state index in [2.05, 4.69) is 55.7 Å². The maximum atomic E-state index is 4.67. The summed E-state index contributed by atoms with van der Waals surface area (Å²) in [6.45, 7) is 0. The van der Waals surface area contributed by atoms with Crippen LogP contribution in [0.3, 0.4) is 0 Å². The first kappa shape index (κ1) is 15.9. The van der Waals surface area contributed by atoms with E-state index in [-0.39, 0.29) is 0 Å². The minimum atomic E-state index is 0.970. The number of rotatable bonds is 3. The summed E-state index contributed by atoms with van der Waals surface area (Å²) >= 11 is 2.25. The van der Waals surface area contributed by atoms with Gasteiger partial charge in [0.05, 0.1) is 5.69 Å². The molecule has 0 fully saturated rings. The van der Waals surface area contributed by atoms with Gasteiger partial charge in [0.25, 0.3) is 0 Å². The quantitative estimate of drug-likeness (QED) is 0.316. The number of nitrogens with zero attached hydrogens (tertiary/aromatic N) is 3. The van der Waals surface area contributed by atoms with E-state index in [0.29, 0.717) is 0 Å². The maximum absolute atomic E-state index is 4.67. The topological polar surface area (TPSA) is 38.7 Å². The lowest BCUT2D eigenvalue weighted by molar-refractivity contribution is 1.27. The highest BCUT2D eigenvalue weighted by molar-refractivity contribution is 14.1. The van der Waals surface area contributed by atoms with Crippen molar-refractivity contribution >= 4 is 22.6 Å². The molecular weight excluding hydrogens is 421 g/mol. The molecule has 0 bridgehead atoms. The molecule has 0 aliphatic carbocycles. The van der Waals surface area contributed by atoms with Gasteiger partial charge in [-0.25, -0.2) is 4.98 Å². The van der Waals surface area contributed by atoms with Crippen molar-refractivity contribution in [2.45, 2.75) is 0 Å². The molecule has 0 aliphatic heterocycles. The Morgan fingerprint density at radius 3 is 1.60 bits per heavy atom. The molecule has 3 heterocycles. The number of benzene rings is 1. The lowest BCUT2D eigenvalue weighted by Gasteiger charge is -2.10. The molecule has 0 N–H and O–H groups in total. The smallest absolute Gasteiger partial charge is 0.102 e. The summed E-state index contributed by atoms with van der Waals surface area (Å²) in [4.78, 5) is 12.9. The summed E-state index contributed by atoms with van der Waals surface area (Å²) in [6.07, 6.45) is 7.27. The Hall–Kier alpha value is -2.60. The number of hydrogen-bond acceptors (Lipinski definition) is 3. The predicted octanol–water partition coefficient (Wildman–Crippen LogP) is 5.48. The molecule has 0 spiro atoms. The fourth-order valence-corrected chi connectivity index (χ4v) is 3.23. The minimum Gasteiger partial charge on any atom is -0.265 e. The van der Waals surface area contributed by atoms with E-state index in [1.54, 1.807) is 0 Å². The summed E-state index contributed by atoms with van der Waals surface area (Å²) < 4.78 is 0.981. The number of hydrogen-bond donors (Lipinski definition) is 0. The van der Waals surface area contributed by atoms with Crippen molar-refractivity contribution in [3.63, 3.8) is 0 Å². The lowest BCUT2D eigenvalue weighted by Crippen LogP contribution is -1.89. The van der Waals surface area contributed by atoms with Gasteiger partial charge in [0, 0.05) is 30.4 Å². The fraction of sp³-hybridized carbons (Fsp3) is 0. The minimum absolute atomic E-state index is 0.970. The van der Waals surface area contributed by atoms with Gasteiger partial charge in [-0.05, 0) is 99.4 Å². The molecule has 120 valence electrons. The third kappa shape index (κ3) is 3.58. The first-order valence-corrected chi connectivity index (χ1v) is 8.96. The van der Waals surface area contributed by atoms with Gasteiger partial charge in [0.15, 0.2) is 0 Å². The van der Waals surface area contributed by atoms with Crippen LogP contribution in [0.1, 0.15) is 0 Å². The summed E-state index contributed by atoms with van der Waals surface area (Å²) in [5.41, 5.74) is 6.63. The van der Waals surface area contributed by atoms with Crippen molar-refractivity contribution in [3.8, 4) is 33.5 Å². The summed E-state index contributed by atoms with van der Waals surface area (Å²) in [5, 5.41) is 0. The highest BCUT2D eigenvalue weighted by Gasteiger charge is 2.08. The zero-order valence-electron chi connectivity index (χ0n) is 13.3. The van der Waals surface area contributed by atoms with Gasteiger partial charge in [-0.3, -0.25) is 9.97 Å². The summed E-state index contributed by atoms with van der Waals surface area (Å²) in [5.74, 6) is 0. The fourth-order valence-electron chi connectivity index (χ4n) is 2.77. The predicted molar refractivity (Wildman–Crippen MR) is 109 cm³/mol. The van der Waals surface area contributed by atoms with E-state index >= 15 is 0 Å². The number of halogens is 1. The van der Waals surface area contributed by atoms with Crippen LogP contribution in [-0.4, -0.2) is 15.0 Å². The SMILES string of the molecule is Ic1cccc(-c2cc(-c3ccncc3)cc(-c3ccncc3)c2)n1. The van der Waals surface area contributed by atoms with E-state index in [9.17, 15) is 0 Å². The third-order valence-corrected chi connectivity index (χ3v) is 4.57. The van der Waals surface area contributed by atoms with Crippen molar-refractivity contribution in [1.82, 2.24) is 15.0 Å². The second-order valence-corrected chi connectivity index (χ2v) is 6.72. The Bertz CT molecular complexity index is 944. The molecule has 3 aromatic heterocycles. The standard InChI is InChI=1S/C21H14IN3/c22-21-3-1-2-20(25-21)19-13-17(15-4-8-23-9-5-15)12-18(14-19)16-6-10-24-11-7-16/h1-14H. The van der Waals surface area contributed by atoms with E-state index in [1.165, 1.54) is 0 Å². The Labute approximate surface area is 160 Å². The number of pyridine rings is 3. The molecule has 4 aromatic rings. The van der Waals surface area contributed by atoms with Crippen LogP contribution in [0.5, 0.6) is 0 Å². The largest absolute Gasteiger partial charge is 0.265 e.